The van der Waals surface area contributed by atoms with Gasteiger partial charge >= 0.3 is 0 Å². The Kier molecular flexibility index (Phi) is 3.58. The number of hydrogen-bond donors (Lipinski definition) is 0. The molecule has 0 saturated carbocycles. The van der Waals surface area contributed by atoms with Crippen LogP contribution in [0, 0.1) is 6.92 Å². The Bertz CT molecular complexity index is 924. The van der Waals surface area contributed by atoms with Crippen molar-refractivity contribution >= 4 is 21.6 Å². The molecule has 3 aromatic rings. The molecule has 0 radical (unpaired) electrons. The summed E-state index contributed by atoms with van der Waals surface area (Å²) in [5.41, 5.74) is 2.14. The van der Waals surface area contributed by atoms with Gasteiger partial charge in [0, 0.05) is 19.4 Å². The lowest BCUT2D eigenvalue weighted by Crippen LogP contribution is -2.14. The van der Waals surface area contributed by atoms with E-state index in [2.05, 4.69) is 5.10 Å². The fraction of sp³-hybridized carbons (Fsp3) is 0.133. The highest BCUT2D eigenvalue weighted by atomic mass is 35.5. The lowest BCUT2D eigenvalue weighted by molar-refractivity contribution is 0.588. The van der Waals surface area contributed by atoms with E-state index in [0.717, 1.165) is 5.56 Å². The maximum atomic E-state index is 12.9. The third kappa shape index (κ3) is 2.44. The van der Waals surface area contributed by atoms with E-state index < -0.39 is 10.0 Å². The van der Waals surface area contributed by atoms with Crippen molar-refractivity contribution in [3.05, 3.63) is 59.4 Å². The number of aromatic nitrogens is 3. The first-order valence-corrected chi connectivity index (χ1v) is 8.40. The van der Waals surface area contributed by atoms with Crippen LogP contribution in [0.1, 0.15) is 5.56 Å². The van der Waals surface area contributed by atoms with Gasteiger partial charge in [0.2, 0.25) is 0 Å². The minimum atomic E-state index is -3.72. The molecule has 114 valence electrons. The molecule has 22 heavy (non-hydrogen) atoms. The Morgan fingerprint density at radius 2 is 1.77 bits per heavy atom. The van der Waals surface area contributed by atoms with Crippen molar-refractivity contribution in [2.24, 2.45) is 7.05 Å². The summed E-state index contributed by atoms with van der Waals surface area (Å²) in [5.74, 6) is 0. The van der Waals surface area contributed by atoms with Gasteiger partial charge in [0.05, 0.1) is 21.3 Å². The lowest BCUT2D eigenvalue weighted by Gasteiger charge is -2.10. The van der Waals surface area contributed by atoms with Gasteiger partial charge in [-0.1, -0.05) is 29.3 Å². The molecule has 0 amide bonds. The first kappa shape index (κ1) is 14.9. The maximum Gasteiger partial charge on any atom is 0.268 e. The minimum Gasteiger partial charge on any atom is -0.266 e. The summed E-state index contributed by atoms with van der Waals surface area (Å²) in [5, 5.41) is 4.43. The van der Waals surface area contributed by atoms with Crippen molar-refractivity contribution in [1.29, 1.82) is 0 Å². The molecule has 0 bridgehead atoms. The summed E-state index contributed by atoms with van der Waals surface area (Å²) in [4.78, 5) is 0.216. The molecule has 0 spiro atoms. The average Bonchev–Trinajstić information content (AvgIpc) is 3.05. The second-order valence-corrected chi connectivity index (χ2v) is 7.25. The molecule has 1 aromatic carbocycles. The van der Waals surface area contributed by atoms with Gasteiger partial charge in [0.15, 0.2) is 0 Å². The zero-order chi connectivity index (χ0) is 15.9. The summed E-state index contributed by atoms with van der Waals surface area (Å²) in [6.07, 6.45) is 3.01. The largest absolute Gasteiger partial charge is 0.268 e. The molecule has 0 saturated heterocycles. The Labute approximate surface area is 133 Å². The average molecular weight is 336 g/mol. The van der Waals surface area contributed by atoms with Crippen molar-refractivity contribution in [3.63, 3.8) is 0 Å². The highest BCUT2D eigenvalue weighted by Crippen LogP contribution is 2.28. The normalized spacial score (nSPS) is 11.8. The zero-order valence-corrected chi connectivity index (χ0v) is 13.6. The monoisotopic (exact) mass is 335 g/mol. The Balaban J connectivity index is 2.20. The van der Waals surface area contributed by atoms with Crippen molar-refractivity contribution in [2.45, 2.75) is 11.8 Å². The highest BCUT2D eigenvalue weighted by molar-refractivity contribution is 7.90. The maximum absolute atomic E-state index is 12.9. The molecule has 0 aliphatic carbocycles. The van der Waals surface area contributed by atoms with Crippen LogP contribution in [0.15, 0.2) is 53.7 Å². The van der Waals surface area contributed by atoms with Crippen molar-refractivity contribution < 1.29 is 8.42 Å². The predicted octanol–water partition coefficient (Wildman–Crippen LogP) is 3.09. The summed E-state index contributed by atoms with van der Waals surface area (Å²) in [6.45, 7) is 1.91. The quantitative estimate of drug-likeness (QED) is 0.739. The Hall–Kier alpha value is -2.05. The van der Waals surface area contributed by atoms with Crippen LogP contribution in [0.3, 0.4) is 0 Å². The standard InChI is InChI=1S/C15H14ClN3O2S/c1-11-3-5-13(6-4-11)22(20,21)19-10-12(16)9-15(19)14-7-8-17-18(14)2/h3-10H,1-2H3. The zero-order valence-electron chi connectivity index (χ0n) is 12.1. The number of rotatable bonds is 3. The van der Waals surface area contributed by atoms with Gasteiger partial charge in [0.25, 0.3) is 10.0 Å². The van der Waals surface area contributed by atoms with E-state index in [-0.39, 0.29) is 4.90 Å². The van der Waals surface area contributed by atoms with Crippen LogP contribution in [0.4, 0.5) is 0 Å². The van der Waals surface area contributed by atoms with E-state index in [1.54, 1.807) is 54.3 Å². The van der Waals surface area contributed by atoms with E-state index in [0.29, 0.717) is 16.4 Å². The molecule has 0 atom stereocenters. The highest BCUT2D eigenvalue weighted by Gasteiger charge is 2.22. The Morgan fingerprint density at radius 3 is 2.36 bits per heavy atom. The molecular formula is C15H14ClN3O2S. The first-order chi connectivity index (χ1) is 10.4. The van der Waals surface area contributed by atoms with Crippen molar-refractivity contribution in [1.82, 2.24) is 13.8 Å². The number of benzene rings is 1. The smallest absolute Gasteiger partial charge is 0.266 e. The summed E-state index contributed by atoms with van der Waals surface area (Å²) >= 11 is 6.04. The summed E-state index contributed by atoms with van der Waals surface area (Å²) < 4.78 is 28.5. The molecule has 0 fully saturated rings. The fourth-order valence-corrected chi connectivity index (χ4v) is 3.87. The lowest BCUT2D eigenvalue weighted by atomic mass is 10.2. The second kappa shape index (κ2) is 5.30. The molecular weight excluding hydrogens is 322 g/mol. The first-order valence-electron chi connectivity index (χ1n) is 6.58. The molecule has 0 aliphatic rings. The molecule has 3 rings (SSSR count). The van der Waals surface area contributed by atoms with Crippen LogP contribution < -0.4 is 0 Å². The van der Waals surface area contributed by atoms with Crippen molar-refractivity contribution in [2.75, 3.05) is 0 Å². The number of hydrogen-bond acceptors (Lipinski definition) is 3. The number of halogens is 1. The van der Waals surface area contributed by atoms with E-state index in [1.807, 2.05) is 6.92 Å². The number of aryl methyl sites for hydroxylation is 2. The van der Waals surface area contributed by atoms with Crippen LogP contribution >= 0.6 is 11.6 Å². The molecule has 0 unspecified atom stereocenters. The summed E-state index contributed by atoms with van der Waals surface area (Å²) in [6, 6.07) is 10.1. The Morgan fingerprint density at radius 1 is 1.09 bits per heavy atom. The van der Waals surface area contributed by atoms with Crippen molar-refractivity contribution in [3.8, 4) is 11.4 Å². The van der Waals surface area contributed by atoms with Crippen LogP contribution in [0.2, 0.25) is 5.02 Å². The van der Waals surface area contributed by atoms with Gasteiger partial charge in [-0.2, -0.15) is 5.10 Å². The molecule has 0 aliphatic heterocycles. The van der Waals surface area contributed by atoms with E-state index in [4.69, 9.17) is 11.6 Å². The minimum absolute atomic E-state index is 0.216. The third-order valence-corrected chi connectivity index (χ3v) is 5.31. The van der Waals surface area contributed by atoms with Gasteiger partial charge in [0.1, 0.15) is 0 Å². The second-order valence-electron chi connectivity index (χ2n) is 5.00. The van der Waals surface area contributed by atoms with Gasteiger partial charge in [-0.25, -0.2) is 12.4 Å². The van der Waals surface area contributed by atoms with Crippen LogP contribution in [0.5, 0.6) is 0 Å². The molecule has 5 nitrogen and oxygen atoms in total. The van der Waals surface area contributed by atoms with E-state index >= 15 is 0 Å². The molecule has 2 aromatic heterocycles. The molecule has 7 heteroatoms. The van der Waals surface area contributed by atoms with Gasteiger partial charge in [-0.15, -0.1) is 0 Å². The van der Waals surface area contributed by atoms with E-state index in [9.17, 15) is 8.42 Å². The van der Waals surface area contributed by atoms with Crippen LogP contribution in [-0.4, -0.2) is 22.2 Å². The van der Waals surface area contributed by atoms with Gasteiger partial charge < -0.3 is 0 Å². The van der Waals surface area contributed by atoms with Crippen LogP contribution in [-0.2, 0) is 17.1 Å². The van der Waals surface area contributed by atoms with Gasteiger partial charge in [-0.3, -0.25) is 4.68 Å². The fourth-order valence-electron chi connectivity index (χ4n) is 2.25. The van der Waals surface area contributed by atoms with E-state index in [1.165, 1.54) is 10.2 Å². The number of nitrogens with zero attached hydrogens (tertiary/aromatic N) is 3. The summed E-state index contributed by atoms with van der Waals surface area (Å²) in [7, 11) is -1.97. The topological polar surface area (TPSA) is 56.9 Å². The molecule has 0 N–H and O–H groups in total. The third-order valence-electron chi connectivity index (χ3n) is 3.41. The van der Waals surface area contributed by atoms with Crippen LogP contribution in [0.25, 0.3) is 11.4 Å². The predicted molar refractivity (Wildman–Crippen MR) is 85.4 cm³/mol. The SMILES string of the molecule is Cc1ccc(S(=O)(=O)n2cc(Cl)cc2-c2ccnn2C)cc1. The van der Waals surface area contributed by atoms with Gasteiger partial charge in [-0.05, 0) is 31.2 Å². The molecule has 2 heterocycles.